The topological polar surface area (TPSA) is 18.5 Å². The fourth-order valence-electron chi connectivity index (χ4n) is 0.721. The number of benzene rings is 1. The van der Waals surface area contributed by atoms with Crippen LogP contribution in [0.25, 0.3) is 0 Å². The molecule has 1 rings (SSSR count). The van der Waals surface area contributed by atoms with Gasteiger partial charge in [-0.15, -0.1) is 16.8 Å². The molecule has 0 saturated carbocycles. The lowest BCUT2D eigenvalue weighted by Crippen LogP contribution is -1.81. The van der Waals surface area contributed by atoms with E-state index >= 15 is 0 Å². The van der Waals surface area contributed by atoms with Crippen molar-refractivity contribution in [3.05, 3.63) is 24.3 Å². The summed E-state index contributed by atoms with van der Waals surface area (Å²) in [5.41, 5.74) is 0. The Morgan fingerprint density at radius 3 is 1.21 bits per heavy atom. The first-order valence-corrected chi connectivity index (χ1v) is 5.35. The molecule has 1 aromatic carbocycles. The van der Waals surface area contributed by atoms with Crippen LogP contribution in [0.1, 0.15) is 0 Å². The van der Waals surface area contributed by atoms with Crippen LogP contribution in [0.15, 0.2) is 24.3 Å². The summed E-state index contributed by atoms with van der Waals surface area (Å²) in [5.74, 6) is -0.147. The first-order valence-electron chi connectivity index (χ1n) is 3.27. The van der Waals surface area contributed by atoms with Crippen molar-refractivity contribution in [2.45, 2.75) is 0 Å². The van der Waals surface area contributed by atoms with Crippen molar-refractivity contribution in [1.29, 1.82) is 0 Å². The largest absolute Gasteiger partial charge is 0.481 e. The van der Waals surface area contributed by atoms with E-state index in [4.69, 9.17) is 0 Å². The van der Waals surface area contributed by atoms with Crippen molar-refractivity contribution in [3.63, 3.8) is 0 Å². The molecule has 8 heteroatoms. The van der Waals surface area contributed by atoms with Gasteiger partial charge in [0.2, 0.25) is 0 Å². The summed E-state index contributed by atoms with van der Waals surface area (Å²) < 4.78 is 55.0. The number of hydrogen-bond acceptors (Lipinski definition) is 2. The lowest BCUT2D eigenvalue weighted by molar-refractivity contribution is 0.496. The van der Waals surface area contributed by atoms with Gasteiger partial charge in [-0.05, 0) is 24.3 Å². The Bertz CT molecular complexity index is 251. The van der Waals surface area contributed by atoms with Crippen LogP contribution < -0.4 is 9.05 Å². The zero-order chi connectivity index (χ0) is 10.6. The van der Waals surface area contributed by atoms with E-state index in [0.717, 1.165) is 24.3 Å². The van der Waals surface area contributed by atoms with Gasteiger partial charge < -0.3 is 9.05 Å². The molecule has 78 valence electrons. The van der Waals surface area contributed by atoms with Crippen LogP contribution in [-0.2, 0) is 0 Å². The molecule has 0 saturated heterocycles. The Labute approximate surface area is 80.0 Å². The molecule has 0 atom stereocenters. The number of hydrogen-bond donors (Lipinski definition) is 0. The Balaban J connectivity index is 2.59. The van der Waals surface area contributed by atoms with Gasteiger partial charge >= 0.3 is 17.5 Å². The van der Waals surface area contributed by atoms with Gasteiger partial charge in [0.1, 0.15) is 11.5 Å². The fourth-order valence-corrected chi connectivity index (χ4v) is 1.28. The van der Waals surface area contributed by atoms with E-state index in [1.54, 1.807) is 0 Å². The SMILES string of the molecule is FP(F)Oc1ccc(OP(F)F)cc1. The summed E-state index contributed by atoms with van der Waals surface area (Å²) in [7, 11) is -6.98. The molecule has 0 bridgehead atoms. The minimum absolute atomic E-state index is 0.0736. The molecule has 0 unspecified atom stereocenters. The predicted octanol–water partition coefficient (Wildman–Crippen LogP) is 4.78. The van der Waals surface area contributed by atoms with E-state index in [-0.39, 0.29) is 11.5 Å². The van der Waals surface area contributed by atoms with Gasteiger partial charge in [0.25, 0.3) is 0 Å². The molecule has 1 aromatic rings. The molecule has 0 radical (unpaired) electrons. The van der Waals surface area contributed by atoms with E-state index in [2.05, 4.69) is 9.05 Å². The van der Waals surface area contributed by atoms with Crippen molar-refractivity contribution < 1.29 is 25.8 Å². The van der Waals surface area contributed by atoms with Gasteiger partial charge in [-0.25, -0.2) is 0 Å². The van der Waals surface area contributed by atoms with Crippen molar-refractivity contribution in [2.24, 2.45) is 0 Å². The maximum absolute atomic E-state index is 11.7. The second kappa shape index (κ2) is 5.32. The van der Waals surface area contributed by atoms with E-state index in [1.807, 2.05) is 0 Å². The van der Waals surface area contributed by atoms with Gasteiger partial charge in [-0.3, -0.25) is 0 Å². The molecule has 14 heavy (non-hydrogen) atoms. The van der Waals surface area contributed by atoms with Crippen molar-refractivity contribution >= 4 is 17.5 Å². The molecule has 0 aromatic heterocycles. The number of rotatable bonds is 4. The average Bonchev–Trinajstić information content (AvgIpc) is 2.06. The lowest BCUT2D eigenvalue weighted by Gasteiger charge is -2.04. The minimum Gasteiger partial charge on any atom is -0.421 e. The summed E-state index contributed by atoms with van der Waals surface area (Å²) >= 11 is 0. The summed E-state index contributed by atoms with van der Waals surface area (Å²) in [6.45, 7) is 0. The van der Waals surface area contributed by atoms with Gasteiger partial charge in [-0.2, -0.15) is 0 Å². The van der Waals surface area contributed by atoms with Crippen molar-refractivity contribution in [1.82, 2.24) is 0 Å². The summed E-state index contributed by atoms with van der Waals surface area (Å²) in [6, 6.07) is 4.57. The Morgan fingerprint density at radius 2 is 1.00 bits per heavy atom. The molecule has 0 aliphatic rings. The Hall–Kier alpha value is -0.600. The van der Waals surface area contributed by atoms with Crippen LogP contribution in [0, 0.1) is 0 Å². The van der Waals surface area contributed by atoms with Crippen LogP contribution in [0.4, 0.5) is 16.8 Å². The van der Waals surface area contributed by atoms with Gasteiger partial charge in [0, 0.05) is 0 Å². The van der Waals surface area contributed by atoms with E-state index in [1.165, 1.54) is 0 Å². The van der Waals surface area contributed by atoms with Crippen LogP contribution in [0.3, 0.4) is 0 Å². The third kappa shape index (κ3) is 4.07. The first-order chi connectivity index (χ1) is 6.58. The van der Waals surface area contributed by atoms with E-state index < -0.39 is 17.5 Å². The number of halogens is 4. The third-order valence-electron chi connectivity index (χ3n) is 1.17. The van der Waals surface area contributed by atoms with Crippen LogP contribution >= 0.6 is 17.5 Å². The molecule has 2 nitrogen and oxygen atoms in total. The van der Waals surface area contributed by atoms with Crippen LogP contribution in [0.2, 0.25) is 0 Å². The molecule has 0 amide bonds. The first kappa shape index (κ1) is 11.5. The standard InChI is InChI=1S/C6H4F4O2P2/c7-13(8)11-5-1-2-6(4-3-5)12-14(9)10/h1-4H. The molecule has 0 heterocycles. The van der Waals surface area contributed by atoms with Crippen LogP contribution in [-0.4, -0.2) is 0 Å². The highest BCUT2D eigenvalue weighted by atomic mass is 31.2. The Morgan fingerprint density at radius 1 is 0.714 bits per heavy atom. The molecular weight excluding hydrogens is 242 g/mol. The van der Waals surface area contributed by atoms with Gasteiger partial charge in [0.05, 0.1) is 0 Å². The van der Waals surface area contributed by atoms with Gasteiger partial charge in [0.15, 0.2) is 0 Å². The molecular formula is C6H4F4O2P2. The smallest absolute Gasteiger partial charge is 0.421 e. The third-order valence-corrected chi connectivity index (χ3v) is 1.87. The molecule has 0 aliphatic heterocycles. The summed E-state index contributed by atoms with van der Waals surface area (Å²) in [6.07, 6.45) is 0. The van der Waals surface area contributed by atoms with E-state index in [0.29, 0.717) is 0 Å². The molecule has 0 N–H and O–H groups in total. The normalized spacial score (nSPS) is 10.7. The quantitative estimate of drug-likeness (QED) is 0.562. The second-order valence-electron chi connectivity index (χ2n) is 2.06. The van der Waals surface area contributed by atoms with Crippen molar-refractivity contribution in [2.75, 3.05) is 0 Å². The lowest BCUT2D eigenvalue weighted by atomic mass is 10.3. The zero-order valence-corrected chi connectivity index (χ0v) is 8.32. The highest BCUT2D eigenvalue weighted by Crippen LogP contribution is 2.43. The summed E-state index contributed by atoms with van der Waals surface area (Å²) in [4.78, 5) is 0. The maximum Gasteiger partial charge on any atom is 0.481 e. The van der Waals surface area contributed by atoms with Gasteiger partial charge in [-0.1, -0.05) is 0 Å². The summed E-state index contributed by atoms with van der Waals surface area (Å²) in [5, 5.41) is 0. The zero-order valence-electron chi connectivity index (χ0n) is 6.53. The fraction of sp³-hybridized carbons (Fsp3) is 0. The molecule has 0 aliphatic carbocycles. The van der Waals surface area contributed by atoms with Crippen molar-refractivity contribution in [3.8, 4) is 11.5 Å². The monoisotopic (exact) mass is 246 g/mol. The molecule has 0 spiro atoms. The predicted molar refractivity (Wildman–Crippen MR) is 46.0 cm³/mol. The highest BCUT2D eigenvalue weighted by molar-refractivity contribution is 7.41. The minimum atomic E-state index is -3.49. The average molecular weight is 246 g/mol. The molecule has 0 fully saturated rings. The Kier molecular flexibility index (Phi) is 4.36. The second-order valence-corrected chi connectivity index (χ2v) is 3.23. The van der Waals surface area contributed by atoms with E-state index in [9.17, 15) is 16.8 Å². The van der Waals surface area contributed by atoms with Crippen LogP contribution in [0.5, 0.6) is 11.5 Å². The highest BCUT2D eigenvalue weighted by Gasteiger charge is 2.09. The maximum atomic E-state index is 11.7.